The first-order valence-electron chi connectivity index (χ1n) is 4.92. The Kier molecular flexibility index (Phi) is 2.60. The summed E-state index contributed by atoms with van der Waals surface area (Å²) in [5.41, 5.74) is 7.28. The molecule has 86 valence electrons. The standard InChI is InChI=1S/C11H13NO4/c1-6-7(11(13)14-2)5-8(12)10-9(6)15-3-4-16-10/h5H,3-4,12H2,1-2H3. The minimum absolute atomic E-state index is 0.390. The molecule has 1 aliphatic heterocycles. The van der Waals surface area contributed by atoms with Crippen molar-refractivity contribution in [2.75, 3.05) is 26.1 Å². The number of hydrogen-bond acceptors (Lipinski definition) is 5. The van der Waals surface area contributed by atoms with Crippen LogP contribution in [-0.2, 0) is 4.74 Å². The highest BCUT2D eigenvalue weighted by Gasteiger charge is 2.23. The van der Waals surface area contributed by atoms with Crippen LogP contribution in [0.1, 0.15) is 15.9 Å². The molecular weight excluding hydrogens is 210 g/mol. The van der Waals surface area contributed by atoms with Crippen molar-refractivity contribution < 1.29 is 19.0 Å². The van der Waals surface area contributed by atoms with E-state index in [1.165, 1.54) is 7.11 Å². The summed E-state index contributed by atoms with van der Waals surface area (Å²) in [5.74, 6) is 0.615. The fraction of sp³-hybridized carbons (Fsp3) is 0.364. The van der Waals surface area contributed by atoms with Crippen molar-refractivity contribution in [3.05, 3.63) is 17.2 Å². The van der Waals surface area contributed by atoms with Gasteiger partial charge in [0.05, 0.1) is 18.4 Å². The monoisotopic (exact) mass is 223 g/mol. The Labute approximate surface area is 93.1 Å². The molecule has 0 saturated carbocycles. The maximum absolute atomic E-state index is 11.5. The lowest BCUT2D eigenvalue weighted by Gasteiger charge is -2.22. The Bertz CT molecular complexity index is 442. The number of hydrogen-bond donors (Lipinski definition) is 1. The molecule has 0 aromatic heterocycles. The zero-order chi connectivity index (χ0) is 11.7. The molecule has 5 nitrogen and oxygen atoms in total. The molecule has 0 spiro atoms. The van der Waals surface area contributed by atoms with E-state index in [1.54, 1.807) is 13.0 Å². The van der Waals surface area contributed by atoms with Gasteiger partial charge >= 0.3 is 5.97 Å². The highest BCUT2D eigenvalue weighted by Crippen LogP contribution is 2.40. The summed E-state index contributed by atoms with van der Waals surface area (Å²) < 4.78 is 15.5. The van der Waals surface area contributed by atoms with Gasteiger partial charge in [0.25, 0.3) is 0 Å². The third-order valence-corrected chi connectivity index (χ3v) is 2.49. The average molecular weight is 223 g/mol. The third-order valence-electron chi connectivity index (χ3n) is 2.49. The lowest BCUT2D eigenvalue weighted by Crippen LogP contribution is -2.19. The van der Waals surface area contributed by atoms with Crippen molar-refractivity contribution in [1.29, 1.82) is 0 Å². The molecule has 0 unspecified atom stereocenters. The van der Waals surface area contributed by atoms with Crippen molar-refractivity contribution in [3.8, 4) is 11.5 Å². The van der Waals surface area contributed by atoms with Gasteiger partial charge in [-0.05, 0) is 13.0 Å². The molecule has 0 aliphatic carbocycles. The summed E-state index contributed by atoms with van der Waals surface area (Å²) in [5, 5.41) is 0. The molecule has 1 aromatic rings. The van der Waals surface area contributed by atoms with Crippen molar-refractivity contribution >= 4 is 11.7 Å². The second kappa shape index (κ2) is 3.92. The maximum Gasteiger partial charge on any atom is 0.338 e. The van der Waals surface area contributed by atoms with Gasteiger partial charge in [0.1, 0.15) is 13.2 Å². The first-order valence-corrected chi connectivity index (χ1v) is 4.92. The molecule has 5 heteroatoms. The molecular formula is C11H13NO4. The fourth-order valence-electron chi connectivity index (χ4n) is 1.69. The number of carbonyl (C=O) groups excluding carboxylic acids is 1. The van der Waals surface area contributed by atoms with Crippen LogP contribution in [-0.4, -0.2) is 26.3 Å². The van der Waals surface area contributed by atoms with Crippen LogP contribution in [0.3, 0.4) is 0 Å². The number of fused-ring (bicyclic) bond motifs is 1. The lowest BCUT2D eigenvalue weighted by atomic mass is 10.1. The van der Waals surface area contributed by atoms with E-state index in [0.717, 1.165) is 0 Å². The molecule has 0 saturated heterocycles. The van der Waals surface area contributed by atoms with Crippen LogP contribution in [0, 0.1) is 6.92 Å². The van der Waals surface area contributed by atoms with Crippen molar-refractivity contribution in [3.63, 3.8) is 0 Å². The largest absolute Gasteiger partial charge is 0.486 e. The zero-order valence-corrected chi connectivity index (χ0v) is 9.20. The second-order valence-corrected chi connectivity index (χ2v) is 3.49. The Morgan fingerprint density at radius 2 is 2.00 bits per heavy atom. The number of benzene rings is 1. The van der Waals surface area contributed by atoms with Gasteiger partial charge in [-0.25, -0.2) is 4.79 Å². The van der Waals surface area contributed by atoms with Crippen LogP contribution in [0.5, 0.6) is 11.5 Å². The summed E-state index contributed by atoms with van der Waals surface area (Å²) in [6, 6.07) is 1.55. The maximum atomic E-state index is 11.5. The summed E-state index contributed by atoms with van der Waals surface area (Å²) in [4.78, 5) is 11.5. The molecule has 1 heterocycles. The van der Waals surface area contributed by atoms with Crippen LogP contribution < -0.4 is 15.2 Å². The number of anilines is 1. The number of methoxy groups -OCH3 is 1. The van der Waals surface area contributed by atoms with E-state index in [-0.39, 0.29) is 0 Å². The number of esters is 1. The van der Waals surface area contributed by atoms with Gasteiger partial charge in [0.2, 0.25) is 0 Å². The Balaban J connectivity index is 2.58. The molecule has 1 aromatic carbocycles. The number of nitrogen functional groups attached to an aromatic ring is 1. The molecule has 0 bridgehead atoms. The fourth-order valence-corrected chi connectivity index (χ4v) is 1.69. The average Bonchev–Trinajstić information content (AvgIpc) is 2.33. The normalized spacial score (nSPS) is 13.4. The van der Waals surface area contributed by atoms with E-state index >= 15 is 0 Å². The Morgan fingerprint density at radius 3 is 2.62 bits per heavy atom. The van der Waals surface area contributed by atoms with E-state index in [1.807, 2.05) is 0 Å². The Hall–Kier alpha value is -1.91. The number of carbonyl (C=O) groups is 1. The molecule has 0 fully saturated rings. The van der Waals surface area contributed by atoms with Crippen molar-refractivity contribution in [2.45, 2.75) is 6.92 Å². The predicted octanol–water partition coefficient (Wildman–Crippen LogP) is 1.14. The van der Waals surface area contributed by atoms with Gasteiger partial charge in [0, 0.05) is 5.56 Å². The minimum Gasteiger partial charge on any atom is -0.486 e. The minimum atomic E-state index is -0.429. The number of rotatable bonds is 1. The van der Waals surface area contributed by atoms with E-state index in [0.29, 0.717) is 41.5 Å². The third kappa shape index (κ3) is 1.54. The molecule has 1 aliphatic rings. The summed E-state index contributed by atoms with van der Waals surface area (Å²) in [6.45, 7) is 2.70. The summed E-state index contributed by atoms with van der Waals surface area (Å²) >= 11 is 0. The zero-order valence-electron chi connectivity index (χ0n) is 9.20. The Morgan fingerprint density at radius 1 is 1.38 bits per heavy atom. The quantitative estimate of drug-likeness (QED) is 0.571. The topological polar surface area (TPSA) is 70.8 Å². The molecule has 0 atom stereocenters. The van der Waals surface area contributed by atoms with Crippen LogP contribution in [0.25, 0.3) is 0 Å². The van der Waals surface area contributed by atoms with Crippen LogP contribution in [0.4, 0.5) is 5.69 Å². The van der Waals surface area contributed by atoms with E-state index in [4.69, 9.17) is 15.2 Å². The van der Waals surface area contributed by atoms with E-state index in [9.17, 15) is 4.79 Å². The number of ether oxygens (including phenoxy) is 3. The van der Waals surface area contributed by atoms with Crippen LogP contribution in [0.2, 0.25) is 0 Å². The van der Waals surface area contributed by atoms with Gasteiger partial charge in [-0.15, -0.1) is 0 Å². The first-order chi connectivity index (χ1) is 7.65. The predicted molar refractivity (Wildman–Crippen MR) is 57.9 cm³/mol. The molecule has 2 rings (SSSR count). The van der Waals surface area contributed by atoms with Crippen LogP contribution in [0.15, 0.2) is 6.07 Å². The van der Waals surface area contributed by atoms with Gasteiger partial charge in [-0.1, -0.05) is 0 Å². The summed E-state index contributed by atoms with van der Waals surface area (Å²) in [7, 11) is 1.33. The highest BCUT2D eigenvalue weighted by atomic mass is 16.6. The van der Waals surface area contributed by atoms with Crippen molar-refractivity contribution in [1.82, 2.24) is 0 Å². The van der Waals surface area contributed by atoms with E-state index in [2.05, 4.69) is 4.74 Å². The molecule has 0 amide bonds. The molecule has 2 N–H and O–H groups in total. The first kappa shape index (κ1) is 10.6. The van der Waals surface area contributed by atoms with Crippen molar-refractivity contribution in [2.24, 2.45) is 0 Å². The van der Waals surface area contributed by atoms with E-state index < -0.39 is 5.97 Å². The van der Waals surface area contributed by atoms with Crippen LogP contribution >= 0.6 is 0 Å². The second-order valence-electron chi connectivity index (χ2n) is 3.49. The lowest BCUT2D eigenvalue weighted by molar-refractivity contribution is 0.0598. The van der Waals surface area contributed by atoms with Gasteiger partial charge in [-0.2, -0.15) is 0 Å². The smallest absolute Gasteiger partial charge is 0.338 e. The highest BCUT2D eigenvalue weighted by molar-refractivity contribution is 5.94. The van der Waals surface area contributed by atoms with Gasteiger partial charge < -0.3 is 19.9 Å². The number of nitrogens with two attached hydrogens (primary N) is 1. The molecule has 16 heavy (non-hydrogen) atoms. The van der Waals surface area contributed by atoms with Gasteiger partial charge in [-0.3, -0.25) is 0 Å². The SMILES string of the molecule is COC(=O)c1cc(N)c2c(c1C)OCCO2. The van der Waals surface area contributed by atoms with Gasteiger partial charge in [0.15, 0.2) is 11.5 Å². The summed E-state index contributed by atoms with van der Waals surface area (Å²) in [6.07, 6.45) is 0. The molecule has 0 radical (unpaired) electrons.